The third kappa shape index (κ3) is 9.12. The number of carbonyl (C=O) groups is 6. The number of aromatic amines is 1. The van der Waals surface area contributed by atoms with Crippen molar-refractivity contribution in [3.05, 3.63) is 71.9 Å². The molecule has 2 aromatic carbocycles. The first-order chi connectivity index (χ1) is 22.5. The largest absolute Gasteiger partial charge is 0.481 e. The molecule has 1 aliphatic rings. The summed E-state index contributed by atoms with van der Waals surface area (Å²) in [4.78, 5) is 82.1. The van der Waals surface area contributed by atoms with E-state index in [4.69, 9.17) is 5.73 Å². The molecule has 0 saturated carbocycles. The molecule has 0 unspecified atom stereocenters. The van der Waals surface area contributed by atoms with Crippen LogP contribution in [0.5, 0.6) is 0 Å². The van der Waals surface area contributed by atoms with Crippen molar-refractivity contribution in [2.45, 2.75) is 68.9 Å². The van der Waals surface area contributed by atoms with E-state index in [2.05, 4.69) is 20.9 Å². The fourth-order valence-electron chi connectivity index (χ4n) is 5.86. The van der Waals surface area contributed by atoms with Crippen molar-refractivity contribution in [3.8, 4) is 0 Å². The number of para-hydroxylation sites is 1. The summed E-state index contributed by atoms with van der Waals surface area (Å²) in [5.41, 5.74) is 7.95. The second-order valence-electron chi connectivity index (χ2n) is 11.4. The van der Waals surface area contributed by atoms with Crippen molar-refractivity contribution in [1.82, 2.24) is 25.8 Å². The number of nitrogens with one attached hydrogen (secondary N) is 4. The summed E-state index contributed by atoms with van der Waals surface area (Å²) in [5.74, 6) is -4.04. The van der Waals surface area contributed by atoms with Gasteiger partial charge in [0.15, 0.2) is 0 Å². The number of nitrogens with two attached hydrogens (primary N) is 1. The molecule has 1 fully saturated rings. The van der Waals surface area contributed by atoms with Gasteiger partial charge in [-0.25, -0.2) is 0 Å². The quantitative estimate of drug-likeness (QED) is 0.139. The van der Waals surface area contributed by atoms with Gasteiger partial charge in [-0.1, -0.05) is 55.5 Å². The first kappa shape index (κ1) is 35.0. The van der Waals surface area contributed by atoms with E-state index >= 15 is 0 Å². The lowest BCUT2D eigenvalue weighted by atomic mass is 10.0. The van der Waals surface area contributed by atoms with Crippen LogP contribution in [0.15, 0.2) is 60.8 Å². The number of hydrogen-bond donors (Lipinski definition) is 6. The fourth-order valence-corrected chi connectivity index (χ4v) is 7.02. The number of likely N-dealkylation sites (tertiary alicyclic amines) is 1. The molecule has 3 aromatic rings. The van der Waals surface area contributed by atoms with Gasteiger partial charge in [-0.3, -0.25) is 28.8 Å². The Balaban J connectivity index is 1.56. The van der Waals surface area contributed by atoms with Crippen LogP contribution in [0.25, 0.3) is 10.9 Å². The topological polar surface area (TPSA) is 204 Å². The zero-order chi connectivity index (χ0) is 34.1. The van der Waals surface area contributed by atoms with Crippen LogP contribution in [0.4, 0.5) is 0 Å². The summed E-state index contributed by atoms with van der Waals surface area (Å²) in [6.45, 7) is 3.44. The van der Waals surface area contributed by atoms with Crippen molar-refractivity contribution >= 4 is 58.2 Å². The number of nitrogens with zero attached hydrogens (tertiary/aromatic N) is 1. The molecule has 4 rings (SSSR count). The molecule has 47 heavy (non-hydrogen) atoms. The number of H-pyrrole nitrogens is 1. The van der Waals surface area contributed by atoms with E-state index in [1.54, 1.807) is 36.5 Å². The van der Waals surface area contributed by atoms with Crippen molar-refractivity contribution in [1.29, 1.82) is 0 Å². The molecule has 250 valence electrons. The van der Waals surface area contributed by atoms with Crippen LogP contribution in [0.2, 0.25) is 0 Å². The zero-order valence-electron chi connectivity index (χ0n) is 26.2. The normalized spacial score (nSPS) is 17.8. The van der Waals surface area contributed by atoms with Crippen LogP contribution in [0.1, 0.15) is 37.8 Å². The number of thioether (sulfide) groups is 1. The summed E-state index contributed by atoms with van der Waals surface area (Å²) in [7, 11) is 0. The van der Waals surface area contributed by atoms with Crippen LogP contribution in [-0.4, -0.2) is 92.2 Å². The minimum Gasteiger partial charge on any atom is -0.481 e. The Bertz CT molecular complexity index is 1610. The van der Waals surface area contributed by atoms with Crippen LogP contribution >= 0.6 is 11.8 Å². The van der Waals surface area contributed by atoms with Gasteiger partial charge in [-0.05, 0) is 29.4 Å². The highest BCUT2D eigenvalue weighted by Crippen LogP contribution is 2.30. The van der Waals surface area contributed by atoms with Gasteiger partial charge in [-0.15, -0.1) is 0 Å². The summed E-state index contributed by atoms with van der Waals surface area (Å²) < 4.78 is 0. The minimum atomic E-state index is -1.56. The molecule has 14 heteroatoms. The van der Waals surface area contributed by atoms with E-state index in [1.165, 1.54) is 23.6 Å². The SMILES string of the molecule is CCS[C@@H]1CCN(C(=O)[C@H](Cc2c[nH]c3ccccc23)NC(C)=O)[C@H]1C(=O)N[C@@H](CC(=O)O)C(=O)N[C@@H](Cc1ccccc1)C(N)=O. The molecule has 2 heterocycles. The van der Waals surface area contributed by atoms with Gasteiger partial charge < -0.3 is 36.7 Å². The maximum atomic E-state index is 14.1. The second kappa shape index (κ2) is 16.1. The van der Waals surface area contributed by atoms with Gasteiger partial charge in [0.05, 0.1) is 6.42 Å². The van der Waals surface area contributed by atoms with Gasteiger partial charge in [0.1, 0.15) is 24.2 Å². The molecule has 0 aliphatic carbocycles. The number of benzene rings is 2. The highest BCUT2D eigenvalue weighted by Gasteiger charge is 2.45. The van der Waals surface area contributed by atoms with Crippen LogP contribution in [0.3, 0.4) is 0 Å². The molecule has 0 bridgehead atoms. The standard InChI is InChI=1S/C33H40N6O7S/c1-3-47-27-13-14-39(33(46)26(36-19(2)40)16-21-18-35-23-12-8-7-11-22(21)23)29(27)32(45)38-25(17-28(41)42)31(44)37-24(30(34)43)15-20-9-5-4-6-10-20/h4-12,18,24-27,29,35H,3,13-17H2,1-2H3,(H2,34,43)(H,36,40)(H,37,44)(H,38,45)(H,41,42)/t24-,25-,26-,27+,29+/m0/s1. The highest BCUT2D eigenvalue weighted by atomic mass is 32.2. The van der Waals surface area contributed by atoms with Crippen LogP contribution < -0.4 is 21.7 Å². The molecule has 0 radical (unpaired) electrons. The number of rotatable bonds is 15. The Hall–Kier alpha value is -4.85. The first-order valence-electron chi connectivity index (χ1n) is 15.4. The van der Waals surface area contributed by atoms with E-state index in [9.17, 15) is 33.9 Å². The number of hydrogen-bond acceptors (Lipinski definition) is 7. The zero-order valence-corrected chi connectivity index (χ0v) is 27.0. The van der Waals surface area contributed by atoms with E-state index in [0.717, 1.165) is 22.0 Å². The number of carbonyl (C=O) groups excluding carboxylic acids is 5. The van der Waals surface area contributed by atoms with Gasteiger partial charge in [0.25, 0.3) is 0 Å². The van der Waals surface area contributed by atoms with Crippen LogP contribution in [-0.2, 0) is 41.6 Å². The Morgan fingerprint density at radius 2 is 1.66 bits per heavy atom. The molecule has 1 saturated heterocycles. The van der Waals surface area contributed by atoms with Gasteiger partial charge in [-0.2, -0.15) is 11.8 Å². The van der Waals surface area contributed by atoms with Gasteiger partial charge in [0, 0.05) is 48.7 Å². The Morgan fingerprint density at radius 3 is 2.32 bits per heavy atom. The lowest BCUT2D eigenvalue weighted by molar-refractivity contribution is -0.143. The monoisotopic (exact) mass is 664 g/mol. The summed E-state index contributed by atoms with van der Waals surface area (Å²) in [6, 6.07) is 11.6. The number of aliphatic carboxylic acids is 1. The minimum absolute atomic E-state index is 0.0662. The molecule has 7 N–H and O–H groups in total. The predicted molar refractivity (Wildman–Crippen MR) is 177 cm³/mol. The smallest absolute Gasteiger partial charge is 0.305 e. The highest BCUT2D eigenvalue weighted by molar-refractivity contribution is 7.99. The summed E-state index contributed by atoms with van der Waals surface area (Å²) >= 11 is 1.47. The molecular formula is C33H40N6O7S. The van der Waals surface area contributed by atoms with Gasteiger partial charge >= 0.3 is 5.97 Å². The van der Waals surface area contributed by atoms with E-state index in [0.29, 0.717) is 12.2 Å². The molecule has 5 atom stereocenters. The molecular weight excluding hydrogens is 624 g/mol. The third-order valence-corrected chi connectivity index (χ3v) is 9.26. The molecule has 1 aromatic heterocycles. The number of fused-ring (bicyclic) bond motifs is 1. The van der Waals surface area contributed by atoms with Crippen molar-refractivity contribution in [2.24, 2.45) is 5.73 Å². The first-order valence-corrected chi connectivity index (χ1v) is 16.4. The Labute approximate surface area is 276 Å². The number of amides is 5. The third-order valence-electron chi connectivity index (χ3n) is 8.00. The maximum Gasteiger partial charge on any atom is 0.305 e. The van der Waals surface area contributed by atoms with Crippen molar-refractivity contribution < 1.29 is 33.9 Å². The molecule has 1 aliphatic heterocycles. The van der Waals surface area contributed by atoms with E-state index in [-0.39, 0.29) is 24.6 Å². The maximum absolute atomic E-state index is 14.1. The average molecular weight is 665 g/mol. The number of primary amides is 1. The van der Waals surface area contributed by atoms with Gasteiger partial charge in [0.2, 0.25) is 29.5 Å². The molecule has 5 amide bonds. The second-order valence-corrected chi connectivity index (χ2v) is 12.9. The van der Waals surface area contributed by atoms with E-state index in [1.807, 2.05) is 31.2 Å². The van der Waals surface area contributed by atoms with Crippen molar-refractivity contribution in [3.63, 3.8) is 0 Å². The lowest BCUT2D eigenvalue weighted by Crippen LogP contribution is -2.59. The number of aromatic nitrogens is 1. The Kier molecular flexibility index (Phi) is 12.0. The number of carboxylic acid groups (broad SMARTS) is 1. The fraction of sp³-hybridized carbons (Fsp3) is 0.394. The van der Waals surface area contributed by atoms with E-state index < -0.39 is 66.1 Å². The van der Waals surface area contributed by atoms with Crippen LogP contribution in [0, 0.1) is 0 Å². The Morgan fingerprint density at radius 1 is 0.957 bits per heavy atom. The summed E-state index contributed by atoms with van der Waals surface area (Å²) in [6.07, 6.45) is 1.72. The predicted octanol–water partition coefficient (Wildman–Crippen LogP) is 1.11. The summed E-state index contributed by atoms with van der Waals surface area (Å²) in [5, 5.41) is 17.9. The lowest BCUT2D eigenvalue weighted by Gasteiger charge is -2.31. The molecule has 13 nitrogen and oxygen atoms in total. The average Bonchev–Trinajstić information content (AvgIpc) is 3.64. The molecule has 0 spiro atoms. The van der Waals surface area contributed by atoms with Crippen molar-refractivity contribution in [2.75, 3.05) is 12.3 Å². The number of carboxylic acids is 1.